The molecule has 5 rings (SSSR count). The molecule has 0 aliphatic carbocycles. The molecule has 0 saturated carbocycles. The van der Waals surface area contributed by atoms with Gasteiger partial charge >= 0.3 is 5.56 Å². The van der Waals surface area contributed by atoms with Crippen LogP contribution in [0, 0.1) is 5.82 Å². The first kappa shape index (κ1) is 18.3. The van der Waals surface area contributed by atoms with Crippen molar-refractivity contribution in [2.45, 2.75) is 5.16 Å². The summed E-state index contributed by atoms with van der Waals surface area (Å²) in [6.45, 7) is 0. The number of aromatic amines is 1. The summed E-state index contributed by atoms with van der Waals surface area (Å²) in [6.07, 6.45) is 4.85. The minimum atomic E-state index is -0.437. The lowest BCUT2D eigenvalue weighted by atomic mass is 10.1. The Bertz CT molecular complexity index is 1470. The van der Waals surface area contributed by atoms with E-state index in [4.69, 9.17) is 0 Å². The fourth-order valence-electron chi connectivity index (χ4n) is 3.30. The molecule has 2 aromatic carbocycles. The molecule has 0 saturated heterocycles. The van der Waals surface area contributed by atoms with E-state index in [2.05, 4.69) is 15.2 Å². The summed E-state index contributed by atoms with van der Waals surface area (Å²) >= 11 is 1.20. The Kier molecular flexibility index (Phi) is 4.44. The number of hydrogen-bond donors (Lipinski definition) is 1. The van der Waals surface area contributed by atoms with Crippen LogP contribution in [0.4, 0.5) is 4.39 Å². The highest BCUT2D eigenvalue weighted by Gasteiger charge is 2.16. The van der Waals surface area contributed by atoms with Crippen molar-refractivity contribution >= 4 is 34.1 Å². The van der Waals surface area contributed by atoms with Crippen LogP contribution in [-0.4, -0.2) is 35.7 Å². The Morgan fingerprint density at radius 3 is 2.83 bits per heavy atom. The van der Waals surface area contributed by atoms with Crippen LogP contribution >= 0.6 is 11.8 Å². The third kappa shape index (κ3) is 3.09. The predicted molar refractivity (Wildman–Crippen MR) is 112 cm³/mol. The Hall–Kier alpha value is -3.72. The molecule has 7 nitrogen and oxygen atoms in total. The van der Waals surface area contributed by atoms with E-state index in [1.54, 1.807) is 18.5 Å². The second-order valence-corrected chi connectivity index (χ2v) is 7.53. The molecule has 3 heterocycles. The van der Waals surface area contributed by atoms with E-state index in [-0.39, 0.29) is 17.2 Å². The summed E-state index contributed by atoms with van der Waals surface area (Å²) in [4.78, 5) is 28.5. The minimum Gasteiger partial charge on any atom is -0.360 e. The zero-order valence-corrected chi connectivity index (χ0v) is 16.3. The van der Waals surface area contributed by atoms with Crippen LogP contribution in [0.25, 0.3) is 22.2 Å². The normalized spacial score (nSPS) is 11.4. The molecule has 1 N–H and O–H groups in total. The van der Waals surface area contributed by atoms with Gasteiger partial charge in [-0.3, -0.25) is 18.6 Å². The van der Waals surface area contributed by atoms with E-state index in [0.29, 0.717) is 16.4 Å². The number of aromatic nitrogens is 5. The number of fused-ring (bicyclic) bond motifs is 2. The van der Waals surface area contributed by atoms with Gasteiger partial charge in [0.25, 0.3) is 0 Å². The first-order valence-electron chi connectivity index (χ1n) is 9.06. The van der Waals surface area contributed by atoms with Crippen molar-refractivity contribution in [2.75, 3.05) is 5.75 Å². The topological polar surface area (TPSA) is 85.0 Å². The maximum atomic E-state index is 13.5. The monoisotopic (exact) mass is 419 g/mol. The van der Waals surface area contributed by atoms with E-state index in [9.17, 15) is 14.0 Å². The zero-order chi connectivity index (χ0) is 20.7. The maximum Gasteiger partial charge on any atom is 0.300 e. The number of carbonyl (C=O) groups excluding carboxylic acids is 1. The summed E-state index contributed by atoms with van der Waals surface area (Å²) < 4.78 is 16.3. The number of halogens is 1. The summed E-state index contributed by atoms with van der Waals surface area (Å²) in [6, 6.07) is 13.3. The second-order valence-electron chi connectivity index (χ2n) is 6.59. The first-order valence-corrected chi connectivity index (χ1v) is 10.0. The van der Waals surface area contributed by atoms with Crippen molar-refractivity contribution in [3.05, 3.63) is 88.9 Å². The SMILES string of the molecule is O=C(CSc1nnc2c(=O)n(-c3cccc(F)c3)ccn12)c1c[nH]c2ccccc12. The van der Waals surface area contributed by atoms with Gasteiger partial charge in [0.15, 0.2) is 10.9 Å². The number of thioether (sulfide) groups is 1. The fourth-order valence-corrected chi connectivity index (χ4v) is 4.10. The Morgan fingerprint density at radius 1 is 1.10 bits per heavy atom. The number of carbonyl (C=O) groups is 1. The molecule has 9 heteroatoms. The lowest BCUT2D eigenvalue weighted by Gasteiger charge is -2.06. The van der Waals surface area contributed by atoms with Gasteiger partial charge in [0.2, 0.25) is 5.65 Å². The highest BCUT2D eigenvalue weighted by molar-refractivity contribution is 7.99. The van der Waals surface area contributed by atoms with Gasteiger partial charge in [-0.1, -0.05) is 36.0 Å². The van der Waals surface area contributed by atoms with Crippen LogP contribution in [0.3, 0.4) is 0 Å². The molecule has 3 aromatic heterocycles. The fraction of sp³-hybridized carbons (Fsp3) is 0.0476. The van der Waals surface area contributed by atoms with E-state index in [0.717, 1.165) is 10.9 Å². The highest BCUT2D eigenvalue weighted by Crippen LogP contribution is 2.22. The maximum absolute atomic E-state index is 13.5. The van der Waals surface area contributed by atoms with Gasteiger partial charge < -0.3 is 4.98 Å². The number of nitrogens with one attached hydrogen (secondary N) is 1. The highest BCUT2D eigenvalue weighted by atomic mass is 32.2. The van der Waals surface area contributed by atoms with Crippen LogP contribution in [-0.2, 0) is 0 Å². The second kappa shape index (κ2) is 7.27. The minimum absolute atomic E-state index is 0.0534. The van der Waals surface area contributed by atoms with E-state index in [1.165, 1.54) is 45.1 Å². The number of Topliss-reactive ketones (excluding diaryl/α,β-unsaturated/α-hetero) is 1. The number of H-pyrrole nitrogens is 1. The summed E-state index contributed by atoms with van der Waals surface area (Å²) in [5.74, 6) is -0.342. The molecule has 0 unspecified atom stereocenters. The van der Waals surface area contributed by atoms with Gasteiger partial charge in [-0.15, -0.1) is 10.2 Å². The third-order valence-corrected chi connectivity index (χ3v) is 5.69. The van der Waals surface area contributed by atoms with Crippen LogP contribution in [0.2, 0.25) is 0 Å². The van der Waals surface area contributed by atoms with Gasteiger partial charge in [-0.2, -0.15) is 0 Å². The van der Waals surface area contributed by atoms with Gasteiger partial charge in [0.05, 0.1) is 11.4 Å². The predicted octanol–water partition coefficient (Wildman–Crippen LogP) is 3.48. The van der Waals surface area contributed by atoms with Crippen LogP contribution < -0.4 is 5.56 Å². The molecule has 148 valence electrons. The number of ketones is 1. The molecule has 0 aliphatic heterocycles. The largest absolute Gasteiger partial charge is 0.360 e. The van der Waals surface area contributed by atoms with E-state index >= 15 is 0 Å². The molecule has 5 aromatic rings. The summed E-state index contributed by atoms with van der Waals surface area (Å²) in [7, 11) is 0. The lowest BCUT2D eigenvalue weighted by Crippen LogP contribution is -2.20. The van der Waals surface area contributed by atoms with Crippen molar-refractivity contribution in [2.24, 2.45) is 0 Å². The third-order valence-electron chi connectivity index (χ3n) is 4.75. The lowest BCUT2D eigenvalue weighted by molar-refractivity contribution is 0.102. The molecule has 30 heavy (non-hydrogen) atoms. The van der Waals surface area contributed by atoms with Gasteiger partial charge in [0.1, 0.15) is 5.82 Å². The molecule has 0 bridgehead atoms. The molecular weight excluding hydrogens is 405 g/mol. The van der Waals surface area contributed by atoms with Crippen LogP contribution in [0.5, 0.6) is 0 Å². The van der Waals surface area contributed by atoms with Crippen LogP contribution in [0.1, 0.15) is 10.4 Å². The molecule has 0 radical (unpaired) electrons. The molecule has 0 amide bonds. The average Bonchev–Trinajstić information content (AvgIpc) is 3.37. The number of nitrogens with zero attached hydrogens (tertiary/aromatic N) is 4. The number of para-hydroxylation sites is 1. The van der Waals surface area contributed by atoms with Gasteiger partial charge in [-0.05, 0) is 24.3 Å². The zero-order valence-electron chi connectivity index (χ0n) is 15.4. The van der Waals surface area contributed by atoms with Crippen molar-refractivity contribution in [1.29, 1.82) is 0 Å². The smallest absolute Gasteiger partial charge is 0.300 e. The van der Waals surface area contributed by atoms with E-state index < -0.39 is 11.4 Å². The number of benzene rings is 2. The molecule has 0 fully saturated rings. The molecular formula is C21H14FN5O2S. The molecule has 0 atom stereocenters. The molecule has 0 aliphatic rings. The van der Waals surface area contributed by atoms with Gasteiger partial charge in [0, 0.05) is 35.1 Å². The van der Waals surface area contributed by atoms with Crippen molar-refractivity contribution < 1.29 is 9.18 Å². The number of rotatable bonds is 5. The van der Waals surface area contributed by atoms with Crippen LogP contribution in [0.15, 0.2) is 77.1 Å². The first-order chi connectivity index (χ1) is 14.6. The molecule has 0 spiro atoms. The Labute approximate surface area is 173 Å². The summed E-state index contributed by atoms with van der Waals surface area (Å²) in [5.41, 5.74) is 1.58. The van der Waals surface area contributed by atoms with Crippen molar-refractivity contribution in [1.82, 2.24) is 24.1 Å². The quantitative estimate of drug-likeness (QED) is 0.348. The summed E-state index contributed by atoms with van der Waals surface area (Å²) in [5, 5.41) is 9.32. The van der Waals surface area contributed by atoms with E-state index in [1.807, 2.05) is 24.3 Å². The van der Waals surface area contributed by atoms with Gasteiger partial charge in [-0.25, -0.2) is 4.39 Å². The Balaban J connectivity index is 1.42. The number of hydrogen-bond acceptors (Lipinski definition) is 5. The van der Waals surface area contributed by atoms with Crippen molar-refractivity contribution in [3.63, 3.8) is 0 Å². The van der Waals surface area contributed by atoms with Crippen molar-refractivity contribution in [3.8, 4) is 5.69 Å². The average molecular weight is 419 g/mol. The Morgan fingerprint density at radius 2 is 1.97 bits per heavy atom. The standard InChI is InChI=1S/C21H14FN5O2S/c22-13-4-3-5-14(10-13)26-8-9-27-19(20(26)29)24-25-21(27)30-12-18(28)16-11-23-17-7-2-1-6-15(16)17/h1-11,23H,12H2.